The van der Waals surface area contributed by atoms with E-state index < -0.39 is 10.0 Å². The Morgan fingerprint density at radius 2 is 1.65 bits per heavy atom. The quantitative estimate of drug-likeness (QED) is 0.808. The smallest absolute Gasteiger partial charge is 0.241 e. The lowest BCUT2D eigenvalue weighted by molar-refractivity contribution is -0.120. The number of carbonyl (C=O) groups excluding carboxylic acids is 1. The molecule has 0 heterocycles. The van der Waals surface area contributed by atoms with Crippen molar-refractivity contribution in [2.45, 2.75) is 33.2 Å². The van der Waals surface area contributed by atoms with Crippen molar-refractivity contribution >= 4 is 21.6 Å². The number of aryl methyl sites for hydroxylation is 2. The summed E-state index contributed by atoms with van der Waals surface area (Å²) in [5.74, 6) is -0.328. The zero-order chi connectivity index (χ0) is 19.3. The van der Waals surface area contributed by atoms with Gasteiger partial charge in [-0.1, -0.05) is 43.3 Å². The van der Waals surface area contributed by atoms with E-state index in [0.717, 1.165) is 33.7 Å². The fourth-order valence-electron chi connectivity index (χ4n) is 2.97. The van der Waals surface area contributed by atoms with Gasteiger partial charge in [0.15, 0.2) is 0 Å². The van der Waals surface area contributed by atoms with Gasteiger partial charge >= 0.3 is 0 Å². The van der Waals surface area contributed by atoms with Gasteiger partial charge in [-0.2, -0.15) is 0 Å². The highest BCUT2D eigenvalue weighted by Gasteiger charge is 2.22. The minimum absolute atomic E-state index is 0.149. The number of nitrogens with zero attached hydrogens (tertiary/aromatic N) is 1. The average molecular weight is 375 g/mol. The fraction of sp³-hybridized carbons (Fsp3) is 0.350. The van der Waals surface area contributed by atoms with Gasteiger partial charge in [-0.05, 0) is 49.1 Å². The molecule has 2 rings (SSSR count). The van der Waals surface area contributed by atoms with Gasteiger partial charge in [-0.15, -0.1) is 0 Å². The van der Waals surface area contributed by atoms with Crippen molar-refractivity contribution < 1.29 is 13.2 Å². The first-order valence-corrected chi connectivity index (χ1v) is 10.5. The van der Waals surface area contributed by atoms with Crippen LogP contribution in [-0.2, 0) is 14.8 Å². The van der Waals surface area contributed by atoms with E-state index in [9.17, 15) is 13.2 Å². The Morgan fingerprint density at radius 1 is 1.08 bits per heavy atom. The van der Waals surface area contributed by atoms with Crippen LogP contribution in [0.25, 0.3) is 0 Å². The predicted molar refractivity (Wildman–Crippen MR) is 106 cm³/mol. The molecule has 2 aromatic carbocycles. The van der Waals surface area contributed by atoms with Crippen molar-refractivity contribution in [2.75, 3.05) is 17.1 Å². The first kappa shape index (κ1) is 20.0. The molecule has 0 aromatic heterocycles. The zero-order valence-electron chi connectivity index (χ0n) is 15.7. The molecule has 140 valence electrons. The summed E-state index contributed by atoms with van der Waals surface area (Å²) in [6, 6.07) is 15.0. The minimum atomic E-state index is -3.58. The van der Waals surface area contributed by atoms with Crippen LogP contribution in [0.1, 0.15) is 36.1 Å². The SMILES string of the molecule is CCC(NC(=O)CN(c1cc(C)cc(C)c1)S(C)(=O)=O)c1ccccc1. The standard InChI is InChI=1S/C20H26N2O3S/c1-5-19(17-9-7-6-8-10-17)21-20(23)14-22(26(4,24)25)18-12-15(2)11-16(3)13-18/h6-13,19H,5,14H2,1-4H3,(H,21,23). The Balaban J connectivity index is 2.22. The summed E-state index contributed by atoms with van der Waals surface area (Å²) < 4.78 is 25.7. The summed E-state index contributed by atoms with van der Waals surface area (Å²) in [6.45, 7) is 5.54. The molecule has 0 radical (unpaired) electrons. The number of anilines is 1. The number of benzene rings is 2. The Bertz CT molecular complexity index is 844. The molecule has 0 bridgehead atoms. The van der Waals surface area contributed by atoms with Crippen LogP contribution in [0.3, 0.4) is 0 Å². The number of sulfonamides is 1. The fourth-order valence-corrected chi connectivity index (χ4v) is 3.81. The number of amides is 1. The molecule has 26 heavy (non-hydrogen) atoms. The lowest BCUT2D eigenvalue weighted by Crippen LogP contribution is -2.41. The van der Waals surface area contributed by atoms with E-state index in [2.05, 4.69) is 5.32 Å². The van der Waals surface area contributed by atoms with Crippen molar-refractivity contribution in [3.63, 3.8) is 0 Å². The summed E-state index contributed by atoms with van der Waals surface area (Å²) >= 11 is 0. The topological polar surface area (TPSA) is 66.5 Å². The normalized spacial score (nSPS) is 12.5. The van der Waals surface area contributed by atoms with Crippen molar-refractivity contribution in [3.05, 3.63) is 65.2 Å². The summed E-state index contributed by atoms with van der Waals surface area (Å²) in [5, 5.41) is 2.94. The summed E-state index contributed by atoms with van der Waals surface area (Å²) in [6.07, 6.45) is 1.84. The molecule has 5 nitrogen and oxygen atoms in total. The van der Waals surface area contributed by atoms with Crippen LogP contribution < -0.4 is 9.62 Å². The maximum absolute atomic E-state index is 12.6. The van der Waals surface area contributed by atoms with Gasteiger partial charge in [0.25, 0.3) is 0 Å². The second-order valence-corrected chi connectivity index (χ2v) is 8.46. The molecule has 1 N–H and O–H groups in total. The van der Waals surface area contributed by atoms with Gasteiger partial charge < -0.3 is 5.32 Å². The average Bonchev–Trinajstić information content (AvgIpc) is 2.56. The lowest BCUT2D eigenvalue weighted by atomic mass is 10.0. The summed E-state index contributed by atoms with van der Waals surface area (Å²) in [7, 11) is -3.58. The third kappa shape index (κ3) is 5.33. The number of rotatable bonds is 7. The molecule has 0 saturated carbocycles. The van der Waals surface area contributed by atoms with Crippen molar-refractivity contribution in [1.29, 1.82) is 0 Å². The van der Waals surface area contributed by atoms with Crippen molar-refractivity contribution in [2.24, 2.45) is 0 Å². The summed E-state index contributed by atoms with van der Waals surface area (Å²) in [5.41, 5.74) is 3.41. The van der Waals surface area contributed by atoms with E-state index in [4.69, 9.17) is 0 Å². The number of carbonyl (C=O) groups is 1. The summed E-state index contributed by atoms with van der Waals surface area (Å²) in [4.78, 5) is 12.6. The molecule has 0 aliphatic rings. The van der Waals surface area contributed by atoms with Crippen LogP contribution in [-0.4, -0.2) is 27.1 Å². The Kier molecular flexibility index (Phi) is 6.42. The molecule has 0 aliphatic heterocycles. The van der Waals surface area contributed by atoms with Gasteiger partial charge in [0.1, 0.15) is 6.54 Å². The maximum Gasteiger partial charge on any atom is 0.241 e. The number of hydrogen-bond donors (Lipinski definition) is 1. The molecular formula is C20H26N2O3S. The highest BCUT2D eigenvalue weighted by atomic mass is 32.2. The molecule has 6 heteroatoms. The highest BCUT2D eigenvalue weighted by Crippen LogP contribution is 2.22. The lowest BCUT2D eigenvalue weighted by Gasteiger charge is -2.24. The van der Waals surface area contributed by atoms with Crippen molar-refractivity contribution in [1.82, 2.24) is 5.32 Å². The minimum Gasteiger partial charge on any atom is -0.348 e. The number of nitrogens with one attached hydrogen (secondary N) is 1. The Hall–Kier alpha value is -2.34. The molecule has 1 amide bonds. The van der Waals surface area contributed by atoms with Crippen molar-refractivity contribution in [3.8, 4) is 0 Å². The molecule has 1 unspecified atom stereocenters. The van der Waals surface area contributed by atoms with E-state index >= 15 is 0 Å². The van der Waals surface area contributed by atoms with E-state index in [1.165, 1.54) is 0 Å². The monoisotopic (exact) mass is 374 g/mol. The van der Waals surface area contributed by atoms with E-state index in [0.29, 0.717) is 5.69 Å². The Labute approximate surface area is 156 Å². The maximum atomic E-state index is 12.6. The third-order valence-corrected chi connectivity index (χ3v) is 5.27. The van der Waals surface area contributed by atoms with Crippen LogP contribution >= 0.6 is 0 Å². The van der Waals surface area contributed by atoms with E-state index in [1.807, 2.05) is 57.2 Å². The molecule has 2 aromatic rings. The molecule has 0 fully saturated rings. The molecule has 0 aliphatic carbocycles. The number of hydrogen-bond acceptors (Lipinski definition) is 3. The molecule has 1 atom stereocenters. The van der Waals surface area contributed by atoms with Gasteiger partial charge in [0.2, 0.25) is 15.9 Å². The molecular weight excluding hydrogens is 348 g/mol. The van der Waals surface area contributed by atoms with Crippen LogP contribution in [0, 0.1) is 13.8 Å². The van der Waals surface area contributed by atoms with Crippen LogP contribution in [0.2, 0.25) is 0 Å². The van der Waals surface area contributed by atoms with Gasteiger partial charge in [-0.25, -0.2) is 8.42 Å². The van der Waals surface area contributed by atoms with Gasteiger partial charge in [-0.3, -0.25) is 9.10 Å². The van der Waals surface area contributed by atoms with E-state index in [1.54, 1.807) is 12.1 Å². The predicted octanol–water partition coefficient (Wildman–Crippen LogP) is 3.34. The van der Waals surface area contributed by atoms with Gasteiger partial charge in [0, 0.05) is 0 Å². The zero-order valence-corrected chi connectivity index (χ0v) is 16.5. The van der Waals surface area contributed by atoms with Crippen LogP contribution in [0.15, 0.2) is 48.5 Å². The largest absolute Gasteiger partial charge is 0.348 e. The first-order valence-electron chi connectivity index (χ1n) is 8.61. The van der Waals surface area contributed by atoms with E-state index in [-0.39, 0.29) is 18.5 Å². The molecule has 0 saturated heterocycles. The molecule has 0 spiro atoms. The van der Waals surface area contributed by atoms with Crippen LogP contribution in [0.5, 0.6) is 0 Å². The third-order valence-electron chi connectivity index (χ3n) is 4.13. The highest BCUT2D eigenvalue weighted by molar-refractivity contribution is 7.92. The van der Waals surface area contributed by atoms with Gasteiger partial charge in [0.05, 0.1) is 18.0 Å². The Morgan fingerprint density at radius 3 is 2.15 bits per heavy atom. The second-order valence-electron chi connectivity index (χ2n) is 6.55. The van der Waals surface area contributed by atoms with Crippen LogP contribution in [0.4, 0.5) is 5.69 Å². The first-order chi connectivity index (χ1) is 12.2. The second kappa shape index (κ2) is 8.36.